The Morgan fingerprint density at radius 3 is 1.94 bits per heavy atom. The van der Waals surface area contributed by atoms with E-state index in [0.29, 0.717) is 43.1 Å². The van der Waals surface area contributed by atoms with Crippen molar-refractivity contribution in [2.45, 2.75) is 51.7 Å². The maximum absolute atomic E-state index is 12.1. The van der Waals surface area contributed by atoms with E-state index in [1.807, 2.05) is 85.8 Å². The number of aliphatic carboxylic acids is 2. The minimum Gasteiger partial charge on any atom is -0.481 e. The van der Waals surface area contributed by atoms with E-state index >= 15 is 0 Å². The molecule has 4 N–H and O–H groups in total. The summed E-state index contributed by atoms with van der Waals surface area (Å²) >= 11 is 0. The van der Waals surface area contributed by atoms with Crippen molar-refractivity contribution < 1.29 is 37.8 Å². The lowest BCUT2D eigenvalue weighted by atomic mass is 10.1. The van der Waals surface area contributed by atoms with Crippen molar-refractivity contribution in [2.75, 3.05) is 15.9 Å². The molecule has 4 rings (SSSR count). The van der Waals surface area contributed by atoms with Crippen molar-refractivity contribution in [3.05, 3.63) is 119 Å². The van der Waals surface area contributed by atoms with Crippen molar-refractivity contribution in [1.29, 1.82) is 0 Å². The molecule has 4 aromatic rings. The topological polar surface area (TPSA) is 162 Å². The fourth-order valence-corrected chi connectivity index (χ4v) is 5.76. The van der Waals surface area contributed by atoms with Crippen molar-refractivity contribution in [2.24, 2.45) is 0 Å². The number of anilines is 2. The molecule has 4 aromatic carbocycles. The molecule has 0 aliphatic rings. The van der Waals surface area contributed by atoms with Crippen LogP contribution < -0.4 is 19.7 Å². The summed E-state index contributed by atoms with van der Waals surface area (Å²) in [5.74, 6) is -1.90. The number of ether oxygens (including phenoxy) is 1. The highest BCUT2D eigenvalue weighted by atomic mass is 32.2. The van der Waals surface area contributed by atoms with Crippen LogP contribution in [0.1, 0.15) is 41.5 Å². The zero-order valence-corrected chi connectivity index (χ0v) is 27.6. The lowest BCUT2D eigenvalue weighted by molar-refractivity contribution is -0.147. The van der Waals surface area contributed by atoms with Crippen molar-refractivity contribution >= 4 is 39.2 Å². The molecule has 11 nitrogen and oxygen atoms in total. The number of carbonyl (C=O) groups excluding carboxylic acids is 1. The van der Waals surface area contributed by atoms with Gasteiger partial charge in [0, 0.05) is 25.2 Å². The Balaban J connectivity index is 1.36. The lowest BCUT2D eigenvalue weighted by Crippen LogP contribution is -2.42. The third kappa shape index (κ3) is 11.2. The van der Waals surface area contributed by atoms with Gasteiger partial charge in [0.25, 0.3) is 0 Å². The smallest absolute Gasteiger partial charge is 0.326 e. The maximum Gasteiger partial charge on any atom is 0.326 e. The first-order valence-electron chi connectivity index (χ1n) is 15.3. The first kappa shape index (κ1) is 35.5. The number of aryl methyl sites for hydroxylation is 1. The number of hydrogen-bond acceptors (Lipinski definition) is 7. The molecule has 0 aromatic heterocycles. The third-order valence-electron chi connectivity index (χ3n) is 7.49. The molecular formula is C36H39N3O8S. The Morgan fingerprint density at radius 2 is 1.38 bits per heavy atom. The van der Waals surface area contributed by atoms with E-state index in [1.165, 1.54) is 0 Å². The number of carbonyl (C=O) groups is 3. The van der Waals surface area contributed by atoms with Crippen LogP contribution in [0.3, 0.4) is 0 Å². The normalized spacial score (nSPS) is 11.7. The molecule has 1 atom stereocenters. The number of hydrogen-bond donors (Lipinski definition) is 4. The highest BCUT2D eigenvalue weighted by Crippen LogP contribution is 2.31. The number of carboxylic acid groups (broad SMARTS) is 2. The van der Waals surface area contributed by atoms with Crippen LogP contribution in [-0.4, -0.2) is 48.8 Å². The van der Waals surface area contributed by atoms with E-state index in [4.69, 9.17) is 14.9 Å². The van der Waals surface area contributed by atoms with E-state index < -0.39 is 40.3 Å². The number of benzene rings is 4. The maximum atomic E-state index is 12.1. The van der Waals surface area contributed by atoms with E-state index in [2.05, 4.69) is 27.1 Å². The summed E-state index contributed by atoms with van der Waals surface area (Å²) in [4.78, 5) is 36.2. The average Bonchev–Trinajstić information content (AvgIpc) is 3.03. The molecule has 48 heavy (non-hydrogen) atoms. The molecule has 0 unspecified atom stereocenters. The Morgan fingerprint density at radius 1 is 0.792 bits per heavy atom. The molecule has 1 amide bonds. The highest BCUT2D eigenvalue weighted by Gasteiger charge is 2.22. The van der Waals surface area contributed by atoms with Gasteiger partial charge in [0.1, 0.15) is 17.5 Å². The number of nitrogens with zero attached hydrogens (tertiary/aromatic N) is 1. The van der Waals surface area contributed by atoms with Gasteiger partial charge in [-0.2, -0.15) is 0 Å². The van der Waals surface area contributed by atoms with Gasteiger partial charge in [-0.05, 0) is 78.4 Å². The molecule has 12 heteroatoms. The van der Waals surface area contributed by atoms with E-state index in [-0.39, 0.29) is 6.42 Å². The Labute approximate surface area is 280 Å². The summed E-state index contributed by atoms with van der Waals surface area (Å²) in [7, 11) is -3.44. The summed E-state index contributed by atoms with van der Waals surface area (Å²) < 4.78 is 32.6. The average molecular weight is 674 g/mol. The van der Waals surface area contributed by atoms with Gasteiger partial charge in [0.2, 0.25) is 15.9 Å². The van der Waals surface area contributed by atoms with E-state index in [9.17, 15) is 22.8 Å². The molecule has 0 saturated heterocycles. The highest BCUT2D eigenvalue weighted by molar-refractivity contribution is 7.92. The van der Waals surface area contributed by atoms with Crippen molar-refractivity contribution in [3.8, 4) is 11.5 Å². The summed E-state index contributed by atoms with van der Waals surface area (Å²) in [5, 5.41) is 20.1. The molecule has 0 radical (unpaired) electrons. The molecule has 0 aliphatic carbocycles. The number of rotatable bonds is 17. The van der Waals surface area contributed by atoms with Crippen LogP contribution in [0.2, 0.25) is 0 Å². The van der Waals surface area contributed by atoms with Gasteiger partial charge in [-0.1, -0.05) is 60.7 Å². The monoisotopic (exact) mass is 673 g/mol. The van der Waals surface area contributed by atoms with Gasteiger partial charge in [0.05, 0.1) is 18.4 Å². The minimum atomic E-state index is -3.44. The van der Waals surface area contributed by atoms with Crippen LogP contribution in [-0.2, 0) is 43.9 Å². The Bertz CT molecular complexity index is 1810. The van der Waals surface area contributed by atoms with Crippen LogP contribution in [0.5, 0.6) is 11.5 Å². The Hall–Kier alpha value is -5.36. The van der Waals surface area contributed by atoms with Crippen LogP contribution in [0, 0.1) is 6.92 Å². The molecule has 0 saturated carbocycles. The molecular weight excluding hydrogens is 634 g/mol. The molecule has 0 heterocycles. The zero-order valence-electron chi connectivity index (χ0n) is 26.8. The largest absolute Gasteiger partial charge is 0.481 e. The van der Waals surface area contributed by atoms with Crippen LogP contribution in [0.4, 0.5) is 11.4 Å². The fourth-order valence-electron chi connectivity index (χ4n) is 5.14. The number of carboxylic acids is 2. The first-order valence-corrected chi connectivity index (χ1v) is 17.2. The minimum absolute atomic E-state index is 0.0688. The molecule has 0 bridgehead atoms. The predicted octanol–water partition coefficient (Wildman–Crippen LogP) is 5.73. The summed E-state index contributed by atoms with van der Waals surface area (Å²) in [5.41, 5.74) is 5.40. The van der Waals surface area contributed by atoms with Gasteiger partial charge in [-0.15, -0.1) is 0 Å². The van der Waals surface area contributed by atoms with E-state index in [1.54, 1.807) is 6.07 Å². The quantitative estimate of drug-likeness (QED) is 0.110. The standard InChI is InChI=1S/C36H39N3O8S/c1-25-31(38-48(2,45)46)11-7-12-33(25)39(23-27-8-4-3-5-9-27)24-28-16-20-30(21-17-28)47-29-18-14-26(15-19-29)10-6-13-34(40)37-32(36(43)44)22-35(41)42/h3-5,7-9,11-12,14-21,32,38H,6,10,13,22-24H2,1-2H3,(H,37,40)(H,41,42)(H,43,44)/t32-/m0/s1. The summed E-state index contributed by atoms with van der Waals surface area (Å²) in [6.07, 6.45) is 1.56. The lowest BCUT2D eigenvalue weighted by Gasteiger charge is -2.28. The van der Waals surface area contributed by atoms with Gasteiger partial charge in [-0.25, -0.2) is 13.2 Å². The first-order chi connectivity index (χ1) is 22.9. The van der Waals surface area contributed by atoms with E-state index in [0.717, 1.165) is 34.2 Å². The summed E-state index contributed by atoms with van der Waals surface area (Å²) in [6.45, 7) is 3.09. The number of nitrogens with one attached hydrogen (secondary N) is 2. The van der Waals surface area contributed by atoms with Crippen molar-refractivity contribution in [1.82, 2.24) is 5.32 Å². The van der Waals surface area contributed by atoms with Gasteiger partial charge >= 0.3 is 11.9 Å². The third-order valence-corrected chi connectivity index (χ3v) is 8.09. The predicted molar refractivity (Wildman–Crippen MR) is 184 cm³/mol. The molecule has 252 valence electrons. The number of sulfonamides is 1. The van der Waals surface area contributed by atoms with Gasteiger partial charge < -0.3 is 25.2 Å². The van der Waals surface area contributed by atoms with Crippen LogP contribution in [0.15, 0.2) is 97.1 Å². The second-order valence-corrected chi connectivity index (χ2v) is 13.2. The van der Waals surface area contributed by atoms with Crippen LogP contribution >= 0.6 is 0 Å². The molecule has 0 fully saturated rings. The second kappa shape index (κ2) is 16.5. The molecule has 0 aliphatic heterocycles. The summed E-state index contributed by atoms with van der Waals surface area (Å²) in [6, 6.07) is 29.4. The number of amides is 1. The van der Waals surface area contributed by atoms with Crippen LogP contribution in [0.25, 0.3) is 0 Å². The Kier molecular flexibility index (Phi) is 12.2. The second-order valence-electron chi connectivity index (χ2n) is 11.5. The van der Waals surface area contributed by atoms with Gasteiger partial charge in [0.15, 0.2) is 0 Å². The zero-order chi connectivity index (χ0) is 34.7. The van der Waals surface area contributed by atoms with Gasteiger partial charge in [-0.3, -0.25) is 14.3 Å². The fraction of sp³-hybridized carbons (Fsp3) is 0.250. The van der Waals surface area contributed by atoms with Crippen molar-refractivity contribution in [3.63, 3.8) is 0 Å². The molecule has 0 spiro atoms. The SMILES string of the molecule is Cc1c(NS(C)(=O)=O)cccc1N(Cc1ccccc1)Cc1ccc(Oc2ccc(CCCC(=O)N[C@@H](CC(=O)O)C(=O)O)cc2)cc1.